The molecule has 3 rings (SSSR count). The average Bonchev–Trinajstić information content (AvgIpc) is 2.73. The van der Waals surface area contributed by atoms with Crippen LogP contribution in [-0.2, 0) is 0 Å². The fourth-order valence-corrected chi connectivity index (χ4v) is 2.89. The topological polar surface area (TPSA) is 113 Å². The van der Waals surface area contributed by atoms with Crippen LogP contribution >= 0.6 is 0 Å². The summed E-state index contributed by atoms with van der Waals surface area (Å²) >= 11 is 0. The zero-order chi connectivity index (χ0) is 21.0. The lowest BCUT2D eigenvalue weighted by molar-refractivity contribution is -0.385. The summed E-state index contributed by atoms with van der Waals surface area (Å²) in [6.45, 7) is 1.47. The minimum absolute atomic E-state index is 0.0382. The zero-order valence-electron chi connectivity index (χ0n) is 15.6. The normalized spacial score (nSPS) is 10.4. The summed E-state index contributed by atoms with van der Waals surface area (Å²) in [4.78, 5) is 34.5. The fourth-order valence-electron chi connectivity index (χ4n) is 2.89. The van der Waals surface area contributed by atoms with Crippen LogP contribution in [0.3, 0.4) is 0 Å². The van der Waals surface area contributed by atoms with Crippen LogP contribution in [0.15, 0.2) is 66.7 Å². The molecule has 0 spiro atoms. The van der Waals surface area contributed by atoms with Crippen molar-refractivity contribution in [1.82, 2.24) is 0 Å². The third kappa shape index (κ3) is 4.36. The highest BCUT2D eigenvalue weighted by Gasteiger charge is 2.19. The van der Waals surface area contributed by atoms with Crippen LogP contribution in [0, 0.1) is 17.0 Å². The molecular weight excluding hydrogens is 372 g/mol. The highest BCUT2D eigenvalue weighted by molar-refractivity contribution is 5.98. The second kappa shape index (κ2) is 8.45. The summed E-state index contributed by atoms with van der Waals surface area (Å²) in [5.74, 6) is -0.474. The van der Waals surface area contributed by atoms with Gasteiger partial charge < -0.3 is 10.5 Å². The monoisotopic (exact) mass is 390 g/mol. The molecule has 3 aromatic rings. The number of rotatable bonds is 6. The van der Waals surface area contributed by atoms with Crippen molar-refractivity contribution in [3.63, 3.8) is 0 Å². The van der Waals surface area contributed by atoms with E-state index in [-0.39, 0.29) is 29.1 Å². The largest absolute Gasteiger partial charge is 0.423 e. The Kier molecular flexibility index (Phi) is 5.80. The van der Waals surface area contributed by atoms with E-state index in [0.29, 0.717) is 11.3 Å². The number of carbonyl (C=O) groups is 2. The summed E-state index contributed by atoms with van der Waals surface area (Å²) < 4.78 is 5.35. The van der Waals surface area contributed by atoms with Gasteiger partial charge in [-0.1, -0.05) is 42.5 Å². The first-order valence-electron chi connectivity index (χ1n) is 8.80. The minimum atomic E-state index is -0.663. The first-order valence-corrected chi connectivity index (χ1v) is 8.80. The van der Waals surface area contributed by atoms with E-state index < -0.39 is 10.9 Å². The maximum atomic E-state index is 12.4. The Morgan fingerprint density at radius 1 is 0.966 bits per heavy atom. The number of hydrogen-bond donors (Lipinski definition) is 1. The summed E-state index contributed by atoms with van der Waals surface area (Å²) in [5, 5.41) is 11.0. The second-order valence-corrected chi connectivity index (χ2v) is 6.33. The molecule has 0 bridgehead atoms. The zero-order valence-corrected chi connectivity index (χ0v) is 15.6. The van der Waals surface area contributed by atoms with Crippen molar-refractivity contribution < 1.29 is 19.2 Å². The van der Waals surface area contributed by atoms with Gasteiger partial charge in [-0.3, -0.25) is 14.9 Å². The van der Waals surface area contributed by atoms with Crippen LogP contribution in [0.1, 0.15) is 26.3 Å². The van der Waals surface area contributed by atoms with E-state index in [4.69, 9.17) is 10.5 Å². The van der Waals surface area contributed by atoms with E-state index in [9.17, 15) is 19.7 Å². The van der Waals surface area contributed by atoms with Gasteiger partial charge in [0.05, 0.1) is 17.0 Å². The summed E-state index contributed by atoms with van der Waals surface area (Å²) in [7, 11) is 0. The molecule has 7 heteroatoms. The number of nitro groups is 1. The number of carbonyl (C=O) groups excluding carboxylic acids is 2. The van der Waals surface area contributed by atoms with Gasteiger partial charge in [0.15, 0.2) is 5.78 Å². The van der Waals surface area contributed by atoms with E-state index in [0.717, 1.165) is 11.1 Å². The number of nitro benzene ring substituents is 1. The number of ketones is 1. The van der Waals surface area contributed by atoms with Gasteiger partial charge >= 0.3 is 5.97 Å². The van der Waals surface area contributed by atoms with Crippen molar-refractivity contribution in [3.05, 3.63) is 93.5 Å². The Hall–Kier alpha value is -3.84. The Labute approximate surface area is 166 Å². The lowest BCUT2D eigenvalue weighted by Crippen LogP contribution is -2.13. The van der Waals surface area contributed by atoms with Crippen LogP contribution in [0.4, 0.5) is 5.69 Å². The average molecular weight is 390 g/mol. The van der Waals surface area contributed by atoms with Crippen LogP contribution < -0.4 is 10.5 Å². The number of Topliss-reactive ketones (excluding diaryl/α,β-unsaturated/α-hetero) is 1. The van der Waals surface area contributed by atoms with Gasteiger partial charge in [0.1, 0.15) is 5.75 Å². The molecule has 0 fully saturated rings. The van der Waals surface area contributed by atoms with Gasteiger partial charge in [-0.2, -0.15) is 0 Å². The fraction of sp³-hybridized carbons (Fsp3) is 0.0909. The van der Waals surface area contributed by atoms with Crippen molar-refractivity contribution in [2.75, 3.05) is 6.54 Å². The molecule has 0 unspecified atom stereocenters. The molecule has 0 heterocycles. The maximum absolute atomic E-state index is 12.4. The quantitative estimate of drug-likeness (QED) is 0.224. The Bertz CT molecular complexity index is 1070. The predicted molar refractivity (Wildman–Crippen MR) is 108 cm³/mol. The first-order chi connectivity index (χ1) is 13.9. The summed E-state index contributed by atoms with van der Waals surface area (Å²) in [5.41, 5.74) is 7.95. The van der Waals surface area contributed by atoms with Crippen molar-refractivity contribution >= 4 is 17.4 Å². The molecule has 0 amide bonds. The molecule has 3 aromatic carbocycles. The Morgan fingerprint density at radius 3 is 2.10 bits per heavy atom. The minimum Gasteiger partial charge on any atom is -0.423 e. The van der Waals surface area contributed by atoms with Crippen molar-refractivity contribution in [2.24, 2.45) is 5.73 Å². The molecule has 146 valence electrons. The van der Waals surface area contributed by atoms with Crippen LogP contribution in [0.5, 0.6) is 5.75 Å². The second-order valence-electron chi connectivity index (χ2n) is 6.33. The molecule has 0 aliphatic rings. The summed E-state index contributed by atoms with van der Waals surface area (Å²) in [6.07, 6.45) is 0. The number of ether oxygens (including phenoxy) is 1. The van der Waals surface area contributed by atoms with Gasteiger partial charge in [0.2, 0.25) is 0 Å². The smallest absolute Gasteiger partial charge is 0.344 e. The molecule has 0 saturated carbocycles. The van der Waals surface area contributed by atoms with Crippen molar-refractivity contribution in [2.45, 2.75) is 6.92 Å². The van der Waals surface area contributed by atoms with E-state index >= 15 is 0 Å². The first kappa shape index (κ1) is 19.9. The van der Waals surface area contributed by atoms with Gasteiger partial charge in [0.25, 0.3) is 5.69 Å². The lowest BCUT2D eigenvalue weighted by Gasteiger charge is -2.08. The third-order valence-corrected chi connectivity index (χ3v) is 4.51. The van der Waals surface area contributed by atoms with Crippen molar-refractivity contribution in [1.29, 1.82) is 0 Å². The van der Waals surface area contributed by atoms with Gasteiger partial charge in [0, 0.05) is 17.2 Å². The van der Waals surface area contributed by atoms with E-state index in [2.05, 4.69) is 0 Å². The van der Waals surface area contributed by atoms with E-state index in [1.165, 1.54) is 25.1 Å². The number of hydrogen-bond acceptors (Lipinski definition) is 6. The third-order valence-electron chi connectivity index (χ3n) is 4.51. The maximum Gasteiger partial charge on any atom is 0.344 e. The number of nitrogens with zero attached hydrogens (tertiary/aromatic N) is 1. The SMILES string of the molecule is Cc1c(C(=O)Oc2ccc(-c3ccc(C(=O)CN)cc3)cc2)cccc1[N+](=O)[O-]. The summed E-state index contributed by atoms with van der Waals surface area (Å²) in [6, 6.07) is 18.2. The van der Waals surface area contributed by atoms with Gasteiger partial charge in [-0.05, 0) is 36.2 Å². The molecule has 7 nitrogen and oxygen atoms in total. The molecule has 0 aliphatic carbocycles. The highest BCUT2D eigenvalue weighted by atomic mass is 16.6. The number of esters is 1. The van der Waals surface area contributed by atoms with Gasteiger partial charge in [-0.25, -0.2) is 4.79 Å². The van der Waals surface area contributed by atoms with Crippen molar-refractivity contribution in [3.8, 4) is 16.9 Å². The molecule has 0 radical (unpaired) electrons. The molecule has 2 N–H and O–H groups in total. The van der Waals surface area contributed by atoms with Crippen LogP contribution in [-0.4, -0.2) is 23.2 Å². The number of nitrogens with two attached hydrogens (primary N) is 1. The molecular formula is C22H18N2O5. The number of benzene rings is 3. The Morgan fingerprint density at radius 2 is 1.55 bits per heavy atom. The van der Waals surface area contributed by atoms with Gasteiger partial charge in [-0.15, -0.1) is 0 Å². The predicted octanol–water partition coefficient (Wildman–Crippen LogP) is 3.93. The molecule has 29 heavy (non-hydrogen) atoms. The highest BCUT2D eigenvalue weighted by Crippen LogP contribution is 2.25. The molecule has 0 aromatic heterocycles. The van der Waals surface area contributed by atoms with E-state index in [1.54, 1.807) is 36.4 Å². The molecule has 0 saturated heterocycles. The van der Waals surface area contributed by atoms with Crippen LogP contribution in [0.2, 0.25) is 0 Å². The molecule has 0 aliphatic heterocycles. The van der Waals surface area contributed by atoms with Crippen LogP contribution in [0.25, 0.3) is 11.1 Å². The van der Waals surface area contributed by atoms with E-state index in [1.807, 2.05) is 12.1 Å². The lowest BCUT2D eigenvalue weighted by atomic mass is 10.0. The molecule has 0 atom stereocenters. The Balaban J connectivity index is 1.76. The standard InChI is InChI=1S/C22H18N2O5/c1-14-19(3-2-4-20(14)24(27)28)22(26)29-18-11-9-16(10-12-18)15-5-7-17(8-6-15)21(25)13-23/h2-12H,13,23H2,1H3.